The van der Waals surface area contributed by atoms with Crippen LogP contribution in [0.25, 0.3) is 0 Å². The Kier molecular flexibility index (Phi) is 5.43. The summed E-state index contributed by atoms with van der Waals surface area (Å²) in [6.45, 7) is -0.0645. The van der Waals surface area contributed by atoms with Crippen molar-refractivity contribution in [1.29, 1.82) is 0 Å². The van der Waals surface area contributed by atoms with Crippen molar-refractivity contribution in [3.63, 3.8) is 0 Å². The highest BCUT2D eigenvalue weighted by atomic mass is 19.1. The van der Waals surface area contributed by atoms with Gasteiger partial charge in [-0.2, -0.15) is 0 Å². The zero-order valence-corrected chi connectivity index (χ0v) is 15.2. The van der Waals surface area contributed by atoms with E-state index in [2.05, 4.69) is 10.6 Å². The molecular formula is C18H23FN4O4. The van der Waals surface area contributed by atoms with Gasteiger partial charge in [0.2, 0.25) is 11.8 Å². The van der Waals surface area contributed by atoms with Crippen molar-refractivity contribution in [1.82, 2.24) is 20.4 Å². The Hall–Kier alpha value is -2.52. The van der Waals surface area contributed by atoms with Crippen LogP contribution in [0.4, 0.5) is 9.18 Å². The quantitative estimate of drug-likeness (QED) is 0.694. The summed E-state index contributed by atoms with van der Waals surface area (Å²) < 4.78 is 13.2. The number of hydrogen-bond donors (Lipinski definition) is 3. The molecule has 0 radical (unpaired) electrons. The first-order chi connectivity index (χ1) is 12.8. The zero-order valence-electron chi connectivity index (χ0n) is 15.2. The third-order valence-corrected chi connectivity index (χ3v) is 5.19. The highest BCUT2D eigenvalue weighted by Crippen LogP contribution is 2.28. The van der Waals surface area contributed by atoms with E-state index in [1.54, 1.807) is 13.1 Å². The van der Waals surface area contributed by atoms with E-state index >= 15 is 0 Å². The second-order valence-corrected chi connectivity index (χ2v) is 6.95. The normalized spacial score (nSPS) is 26.6. The van der Waals surface area contributed by atoms with Crippen molar-refractivity contribution in [3.8, 4) is 0 Å². The summed E-state index contributed by atoms with van der Waals surface area (Å²) in [4.78, 5) is 39.3. The number of nitrogens with zero attached hydrogens (tertiary/aromatic N) is 2. The first kappa shape index (κ1) is 19.2. The van der Waals surface area contributed by atoms with Gasteiger partial charge in [0.05, 0.1) is 24.2 Å². The number of fused-ring (bicyclic) bond motifs is 1. The summed E-state index contributed by atoms with van der Waals surface area (Å²) in [5, 5.41) is 15.8. The van der Waals surface area contributed by atoms with Crippen LogP contribution < -0.4 is 10.6 Å². The van der Waals surface area contributed by atoms with Crippen LogP contribution >= 0.6 is 0 Å². The van der Waals surface area contributed by atoms with Gasteiger partial charge >= 0.3 is 6.03 Å². The summed E-state index contributed by atoms with van der Waals surface area (Å²) >= 11 is 0. The molecule has 3 rings (SSSR count). The van der Waals surface area contributed by atoms with Gasteiger partial charge in [-0.05, 0) is 30.5 Å². The number of halogens is 1. The highest BCUT2D eigenvalue weighted by Gasteiger charge is 2.47. The fourth-order valence-corrected chi connectivity index (χ4v) is 3.61. The topological polar surface area (TPSA) is 102 Å². The minimum absolute atomic E-state index is 0.0645. The molecule has 0 spiro atoms. The summed E-state index contributed by atoms with van der Waals surface area (Å²) in [7, 11) is 3.04. The molecule has 2 saturated heterocycles. The highest BCUT2D eigenvalue weighted by molar-refractivity contribution is 5.98. The van der Waals surface area contributed by atoms with E-state index in [-0.39, 0.29) is 24.3 Å². The number of imide groups is 1. The lowest BCUT2D eigenvalue weighted by molar-refractivity contribution is -0.142. The molecule has 4 atom stereocenters. The average molecular weight is 378 g/mol. The molecule has 0 aromatic heterocycles. The van der Waals surface area contributed by atoms with E-state index in [0.29, 0.717) is 18.4 Å². The van der Waals surface area contributed by atoms with Crippen molar-refractivity contribution in [2.24, 2.45) is 5.92 Å². The number of carbonyl (C=O) groups is 3. The minimum atomic E-state index is -1.03. The van der Waals surface area contributed by atoms with Gasteiger partial charge < -0.3 is 15.3 Å². The van der Waals surface area contributed by atoms with Gasteiger partial charge in [0.1, 0.15) is 5.82 Å². The molecule has 27 heavy (non-hydrogen) atoms. The maximum atomic E-state index is 13.2. The van der Waals surface area contributed by atoms with Crippen LogP contribution in [0.15, 0.2) is 24.3 Å². The molecule has 9 heteroatoms. The third kappa shape index (κ3) is 3.79. The van der Waals surface area contributed by atoms with Gasteiger partial charge in [0.15, 0.2) is 0 Å². The van der Waals surface area contributed by atoms with E-state index in [9.17, 15) is 23.9 Å². The lowest BCUT2D eigenvalue weighted by Crippen LogP contribution is -2.68. The fraction of sp³-hybridized carbons (Fsp3) is 0.500. The van der Waals surface area contributed by atoms with Crippen molar-refractivity contribution in [3.05, 3.63) is 35.6 Å². The smallest absolute Gasteiger partial charge is 0.327 e. The Balaban J connectivity index is 1.59. The molecule has 146 valence electrons. The van der Waals surface area contributed by atoms with E-state index < -0.39 is 30.2 Å². The number of rotatable bonds is 4. The van der Waals surface area contributed by atoms with Crippen LogP contribution in [0.1, 0.15) is 24.5 Å². The number of urea groups is 1. The standard InChI is InChI=1S/C18H23FN4O4/c1-22-15-12(17(26)23(2)18(22)27)6-7-13(21-15)16(25)20-9-14(24)10-4-3-5-11(19)8-10/h3-5,8,12-15,21,24H,6-7,9H2,1-2H3,(H,20,25). The predicted molar refractivity (Wildman–Crippen MR) is 93.7 cm³/mol. The molecule has 0 saturated carbocycles. The molecule has 1 aromatic carbocycles. The van der Waals surface area contributed by atoms with Crippen molar-refractivity contribution < 1.29 is 23.9 Å². The SMILES string of the molecule is CN1C(=O)C2CCC(C(=O)NCC(O)c3cccc(F)c3)NC2N(C)C1=O. The number of carbonyl (C=O) groups excluding carboxylic acids is 3. The lowest BCUT2D eigenvalue weighted by Gasteiger charge is -2.46. The van der Waals surface area contributed by atoms with E-state index in [1.165, 1.54) is 30.1 Å². The molecule has 2 aliphatic heterocycles. The molecule has 2 fully saturated rings. The van der Waals surface area contributed by atoms with Crippen molar-refractivity contribution in [2.45, 2.75) is 31.2 Å². The van der Waals surface area contributed by atoms with E-state index in [0.717, 1.165) is 4.90 Å². The Bertz CT molecular complexity index is 759. The van der Waals surface area contributed by atoms with Gasteiger partial charge in [-0.25, -0.2) is 9.18 Å². The molecule has 8 nitrogen and oxygen atoms in total. The number of nitrogens with one attached hydrogen (secondary N) is 2. The summed E-state index contributed by atoms with van der Waals surface area (Å²) in [6.07, 6.45) is -0.665. The molecule has 0 bridgehead atoms. The Labute approximate surface area is 156 Å². The number of amides is 4. The molecule has 4 unspecified atom stereocenters. The van der Waals surface area contributed by atoms with Crippen LogP contribution in [0.5, 0.6) is 0 Å². The molecule has 1 aromatic rings. The maximum Gasteiger partial charge on any atom is 0.327 e. The Morgan fingerprint density at radius 3 is 2.81 bits per heavy atom. The number of aliphatic hydroxyl groups excluding tert-OH is 1. The van der Waals surface area contributed by atoms with E-state index in [1.807, 2.05) is 0 Å². The van der Waals surface area contributed by atoms with Gasteiger partial charge in [-0.15, -0.1) is 0 Å². The number of hydrogen-bond acceptors (Lipinski definition) is 5. The zero-order chi connectivity index (χ0) is 19.7. The van der Waals surface area contributed by atoms with Gasteiger partial charge in [-0.1, -0.05) is 12.1 Å². The molecule has 4 amide bonds. The molecule has 2 heterocycles. The first-order valence-electron chi connectivity index (χ1n) is 8.81. The van der Waals surface area contributed by atoms with Crippen LogP contribution in [0.3, 0.4) is 0 Å². The monoisotopic (exact) mass is 378 g/mol. The second kappa shape index (κ2) is 7.61. The molecule has 2 aliphatic rings. The molecule has 0 aliphatic carbocycles. The molecule has 3 N–H and O–H groups in total. The fourth-order valence-electron chi connectivity index (χ4n) is 3.61. The number of piperidine rings is 1. The first-order valence-corrected chi connectivity index (χ1v) is 8.81. The van der Waals surface area contributed by atoms with Crippen LogP contribution in [-0.2, 0) is 9.59 Å². The van der Waals surface area contributed by atoms with Crippen molar-refractivity contribution in [2.75, 3.05) is 20.6 Å². The van der Waals surface area contributed by atoms with Gasteiger partial charge in [0.25, 0.3) is 0 Å². The second-order valence-electron chi connectivity index (χ2n) is 6.95. The summed E-state index contributed by atoms with van der Waals surface area (Å²) in [5.74, 6) is -1.44. The van der Waals surface area contributed by atoms with E-state index in [4.69, 9.17) is 0 Å². The lowest BCUT2D eigenvalue weighted by atomic mass is 9.88. The Morgan fingerprint density at radius 1 is 1.37 bits per heavy atom. The maximum absolute atomic E-state index is 13.2. The predicted octanol–water partition coefficient (Wildman–Crippen LogP) is 0.193. The average Bonchev–Trinajstić information content (AvgIpc) is 2.68. The Morgan fingerprint density at radius 2 is 2.11 bits per heavy atom. The third-order valence-electron chi connectivity index (χ3n) is 5.19. The molecular weight excluding hydrogens is 355 g/mol. The van der Waals surface area contributed by atoms with Crippen LogP contribution in [-0.4, -0.2) is 65.6 Å². The van der Waals surface area contributed by atoms with Crippen LogP contribution in [0.2, 0.25) is 0 Å². The summed E-state index contributed by atoms with van der Waals surface area (Å²) in [5.41, 5.74) is 0.373. The number of benzene rings is 1. The number of aliphatic hydroxyl groups is 1. The minimum Gasteiger partial charge on any atom is -0.387 e. The van der Waals surface area contributed by atoms with Gasteiger partial charge in [0, 0.05) is 20.6 Å². The van der Waals surface area contributed by atoms with Gasteiger partial charge in [-0.3, -0.25) is 19.8 Å². The largest absolute Gasteiger partial charge is 0.387 e. The van der Waals surface area contributed by atoms with Crippen LogP contribution in [0, 0.1) is 11.7 Å². The van der Waals surface area contributed by atoms with Crippen molar-refractivity contribution >= 4 is 17.8 Å². The summed E-state index contributed by atoms with van der Waals surface area (Å²) in [6, 6.07) is 4.55.